The molecule has 0 unspecified atom stereocenters. The van der Waals surface area contributed by atoms with E-state index < -0.39 is 17.5 Å². The van der Waals surface area contributed by atoms with Crippen LogP contribution in [0.15, 0.2) is 54.9 Å². The molecule has 2 aromatic carbocycles. The molecule has 30 heavy (non-hydrogen) atoms. The molecule has 0 fully saturated rings. The number of hydrogen-bond donors (Lipinski definition) is 0. The molecule has 3 aromatic rings. The van der Waals surface area contributed by atoms with Gasteiger partial charge in [0.2, 0.25) is 35.1 Å². The van der Waals surface area contributed by atoms with Crippen LogP contribution in [-0.2, 0) is 19.8 Å². The van der Waals surface area contributed by atoms with Crippen molar-refractivity contribution in [1.82, 2.24) is 4.57 Å². The molecule has 154 valence electrons. The number of alkyl halides is 3. The number of benzene rings is 2. The Morgan fingerprint density at radius 3 is 2.10 bits per heavy atom. The highest BCUT2D eigenvalue weighted by Gasteiger charge is 2.40. The molecule has 0 radical (unpaired) electrons. The minimum atomic E-state index is -4.49. The topological polar surface area (TPSA) is 60.0 Å². The van der Waals surface area contributed by atoms with E-state index in [0.29, 0.717) is 5.56 Å². The van der Waals surface area contributed by atoms with Crippen molar-refractivity contribution in [3.63, 3.8) is 0 Å². The summed E-state index contributed by atoms with van der Waals surface area (Å²) in [7, 11) is 1.59. The van der Waals surface area contributed by atoms with Gasteiger partial charge in [-0.25, -0.2) is 9.13 Å². The average molecular weight is 479 g/mol. The molecule has 4 rings (SSSR count). The molecule has 9 heteroatoms. The maximum atomic E-state index is 12.9. The van der Waals surface area contributed by atoms with Gasteiger partial charge < -0.3 is 17.0 Å². The molecule has 1 aromatic heterocycles. The maximum Gasteiger partial charge on any atom is 0.416 e. The minimum absolute atomic E-state index is 0. The molecule has 0 N–H and O–H groups in total. The zero-order valence-corrected chi connectivity index (χ0v) is 17.1. The second-order valence-electron chi connectivity index (χ2n) is 6.75. The second kappa shape index (κ2) is 7.64. The number of aromatic nitrogens is 2. The van der Waals surface area contributed by atoms with Crippen LogP contribution < -0.4 is 21.5 Å². The van der Waals surface area contributed by atoms with Crippen molar-refractivity contribution in [3.05, 3.63) is 88.5 Å². The SMILES string of the molecule is C[n+]1cn(CC(=O)c2ccc(C(F)(F)F)cc2)c2c1C(=O)c1ccccc1C2=O.[Br-]. The van der Waals surface area contributed by atoms with Crippen molar-refractivity contribution < 1.29 is 49.1 Å². The number of aryl methyl sites for hydroxylation is 1. The lowest BCUT2D eigenvalue weighted by atomic mass is 9.90. The van der Waals surface area contributed by atoms with Crippen molar-refractivity contribution in [3.8, 4) is 0 Å². The molecule has 0 aliphatic heterocycles. The van der Waals surface area contributed by atoms with Crippen LogP contribution in [0.5, 0.6) is 0 Å². The van der Waals surface area contributed by atoms with Gasteiger partial charge >= 0.3 is 6.18 Å². The molecule has 0 saturated carbocycles. The molecule has 1 aliphatic rings. The predicted molar refractivity (Wildman–Crippen MR) is 94.7 cm³/mol. The Kier molecular flexibility index (Phi) is 5.51. The zero-order valence-electron chi connectivity index (χ0n) is 15.5. The normalized spacial score (nSPS) is 12.8. The summed E-state index contributed by atoms with van der Waals surface area (Å²) in [6.45, 7) is -0.282. The largest absolute Gasteiger partial charge is 1.00 e. The Bertz CT molecular complexity index is 1180. The number of nitrogens with zero attached hydrogens (tertiary/aromatic N) is 2. The fourth-order valence-corrected chi connectivity index (χ4v) is 3.48. The first-order valence-electron chi connectivity index (χ1n) is 8.66. The van der Waals surface area contributed by atoms with E-state index in [1.165, 1.54) is 15.5 Å². The number of fused-ring (bicyclic) bond motifs is 2. The van der Waals surface area contributed by atoms with E-state index in [9.17, 15) is 27.6 Å². The lowest BCUT2D eigenvalue weighted by Crippen LogP contribution is -3.00. The van der Waals surface area contributed by atoms with E-state index >= 15 is 0 Å². The maximum absolute atomic E-state index is 12.9. The minimum Gasteiger partial charge on any atom is -1.00 e. The first-order valence-corrected chi connectivity index (χ1v) is 8.66. The third kappa shape index (κ3) is 3.49. The quantitative estimate of drug-likeness (QED) is 0.307. The van der Waals surface area contributed by atoms with Crippen LogP contribution >= 0.6 is 0 Å². The number of carbonyl (C=O) groups is 3. The van der Waals surface area contributed by atoms with Gasteiger partial charge in [-0.1, -0.05) is 36.4 Å². The van der Waals surface area contributed by atoms with Gasteiger partial charge in [0.05, 0.1) is 12.6 Å². The Morgan fingerprint density at radius 2 is 1.53 bits per heavy atom. The van der Waals surface area contributed by atoms with E-state index in [1.54, 1.807) is 31.3 Å². The van der Waals surface area contributed by atoms with E-state index in [1.807, 2.05) is 0 Å². The van der Waals surface area contributed by atoms with Crippen LogP contribution in [0.4, 0.5) is 13.2 Å². The summed E-state index contributed by atoms with van der Waals surface area (Å²) < 4.78 is 40.9. The lowest BCUT2D eigenvalue weighted by molar-refractivity contribution is -0.672. The third-order valence-electron chi connectivity index (χ3n) is 4.87. The number of ketones is 3. The Hall–Kier alpha value is -3.07. The first kappa shape index (κ1) is 21.6. The fourth-order valence-electron chi connectivity index (χ4n) is 3.48. The molecule has 0 saturated heterocycles. The Morgan fingerprint density at radius 1 is 0.967 bits per heavy atom. The highest BCUT2D eigenvalue weighted by molar-refractivity contribution is 6.26. The summed E-state index contributed by atoms with van der Waals surface area (Å²) >= 11 is 0. The average Bonchev–Trinajstić information content (AvgIpc) is 3.01. The van der Waals surface area contributed by atoms with Gasteiger partial charge in [0.1, 0.15) is 0 Å². The van der Waals surface area contributed by atoms with E-state index in [0.717, 1.165) is 24.3 Å². The van der Waals surface area contributed by atoms with E-state index in [2.05, 4.69) is 0 Å². The van der Waals surface area contributed by atoms with Crippen molar-refractivity contribution in [2.45, 2.75) is 12.7 Å². The lowest BCUT2D eigenvalue weighted by Gasteiger charge is -2.12. The number of carbonyl (C=O) groups excluding carboxylic acids is 3. The molecule has 0 bridgehead atoms. The number of imidazole rings is 1. The molecule has 0 amide bonds. The fraction of sp³-hybridized carbons (Fsp3) is 0.143. The smallest absolute Gasteiger partial charge is 0.416 e. The van der Waals surface area contributed by atoms with Crippen LogP contribution in [0.3, 0.4) is 0 Å². The number of rotatable bonds is 3. The highest BCUT2D eigenvalue weighted by Crippen LogP contribution is 2.29. The molecule has 0 spiro atoms. The second-order valence-corrected chi connectivity index (χ2v) is 6.75. The van der Waals surface area contributed by atoms with Crippen LogP contribution in [0.2, 0.25) is 0 Å². The summed E-state index contributed by atoms with van der Waals surface area (Å²) in [5.41, 5.74) is 0.0546. The molecule has 1 heterocycles. The number of Topliss-reactive ketones (excluding diaryl/α,β-unsaturated/α-hetero) is 1. The molecule has 1 aliphatic carbocycles. The van der Waals surface area contributed by atoms with Gasteiger partial charge in [-0.2, -0.15) is 13.2 Å². The summed E-state index contributed by atoms with van der Waals surface area (Å²) in [6, 6.07) is 10.3. The molecule has 0 atom stereocenters. The van der Waals surface area contributed by atoms with Gasteiger partial charge in [-0.3, -0.25) is 14.4 Å². The standard InChI is InChI=1S/C21H14F3N2O3.BrH/c1-25-11-26(10-16(27)12-6-8-13(9-7-12)21(22,23)24)18-17(25)19(28)14-4-2-3-5-15(14)20(18)29;/h2-9,11H,10H2,1H3;1H/q+1;/p-1. The van der Waals surface area contributed by atoms with Crippen LogP contribution in [0.25, 0.3) is 0 Å². The van der Waals surface area contributed by atoms with Crippen molar-refractivity contribution in [1.29, 1.82) is 0 Å². The van der Waals surface area contributed by atoms with Crippen molar-refractivity contribution >= 4 is 17.3 Å². The van der Waals surface area contributed by atoms with Gasteiger partial charge in [-0.05, 0) is 12.1 Å². The first-order chi connectivity index (χ1) is 13.7. The molecule has 5 nitrogen and oxygen atoms in total. The molecular formula is C21H14BrF3N2O3. The number of halogens is 4. The number of hydrogen-bond acceptors (Lipinski definition) is 3. The summed E-state index contributed by atoms with van der Waals surface area (Å²) in [4.78, 5) is 38.3. The zero-order chi connectivity index (χ0) is 20.9. The summed E-state index contributed by atoms with van der Waals surface area (Å²) in [6.07, 6.45) is -3.02. The van der Waals surface area contributed by atoms with Gasteiger partial charge in [0, 0.05) is 16.7 Å². The molecular weight excluding hydrogens is 465 g/mol. The Balaban J connectivity index is 0.00000256. The van der Waals surface area contributed by atoms with Crippen molar-refractivity contribution in [2.24, 2.45) is 7.05 Å². The third-order valence-corrected chi connectivity index (χ3v) is 4.87. The van der Waals surface area contributed by atoms with Crippen LogP contribution in [0.1, 0.15) is 48.0 Å². The van der Waals surface area contributed by atoms with Crippen LogP contribution in [-0.4, -0.2) is 21.9 Å². The summed E-state index contributed by atoms with van der Waals surface area (Å²) in [5, 5.41) is 0. The highest BCUT2D eigenvalue weighted by atomic mass is 79.9. The van der Waals surface area contributed by atoms with E-state index in [4.69, 9.17) is 0 Å². The van der Waals surface area contributed by atoms with Crippen LogP contribution in [0, 0.1) is 0 Å². The monoisotopic (exact) mass is 478 g/mol. The van der Waals surface area contributed by atoms with E-state index in [-0.39, 0.29) is 57.6 Å². The predicted octanol–water partition coefficient (Wildman–Crippen LogP) is -0.00630. The summed E-state index contributed by atoms with van der Waals surface area (Å²) in [5.74, 6) is -1.18. The Labute approximate surface area is 179 Å². The van der Waals surface area contributed by atoms with Gasteiger partial charge in [0.15, 0.2) is 6.54 Å². The van der Waals surface area contributed by atoms with Crippen molar-refractivity contribution in [2.75, 3.05) is 0 Å². The van der Waals surface area contributed by atoms with Gasteiger partial charge in [0.25, 0.3) is 0 Å². The van der Waals surface area contributed by atoms with Gasteiger partial charge in [-0.15, -0.1) is 0 Å².